The van der Waals surface area contributed by atoms with Gasteiger partial charge in [0, 0.05) is 30.7 Å². The zero-order valence-electron chi connectivity index (χ0n) is 15.3. The molecule has 2 fully saturated rings. The second kappa shape index (κ2) is 7.15. The SMILES string of the molecule is Cc1c(C(=O)O)cnn1-c1ccc(C(=O)N(CC2CCOC2)C2CC2)cc1. The van der Waals surface area contributed by atoms with Crippen LogP contribution in [0.15, 0.2) is 30.5 Å². The Morgan fingerprint density at radius 1 is 1.26 bits per heavy atom. The highest BCUT2D eigenvalue weighted by molar-refractivity contribution is 5.95. The van der Waals surface area contributed by atoms with E-state index in [0.717, 1.165) is 44.7 Å². The third kappa shape index (κ3) is 3.60. The largest absolute Gasteiger partial charge is 0.478 e. The van der Waals surface area contributed by atoms with Crippen molar-refractivity contribution in [3.63, 3.8) is 0 Å². The van der Waals surface area contributed by atoms with E-state index in [0.29, 0.717) is 23.2 Å². The minimum atomic E-state index is -0.999. The lowest BCUT2D eigenvalue weighted by Gasteiger charge is -2.25. The molecular weight excluding hydrogens is 346 g/mol. The van der Waals surface area contributed by atoms with Crippen molar-refractivity contribution in [2.75, 3.05) is 19.8 Å². The lowest BCUT2D eigenvalue weighted by atomic mass is 10.1. The Morgan fingerprint density at radius 2 is 2.00 bits per heavy atom. The average molecular weight is 369 g/mol. The molecule has 1 amide bonds. The van der Waals surface area contributed by atoms with Crippen LogP contribution in [0, 0.1) is 12.8 Å². The molecule has 1 unspecified atom stereocenters. The summed E-state index contributed by atoms with van der Waals surface area (Å²) in [5.74, 6) is -0.518. The van der Waals surface area contributed by atoms with Crippen LogP contribution in [-0.2, 0) is 4.74 Å². The van der Waals surface area contributed by atoms with Gasteiger partial charge in [-0.05, 0) is 50.5 Å². The van der Waals surface area contributed by atoms with Gasteiger partial charge >= 0.3 is 5.97 Å². The number of carboxylic acid groups (broad SMARTS) is 1. The van der Waals surface area contributed by atoms with Crippen molar-refractivity contribution >= 4 is 11.9 Å². The van der Waals surface area contributed by atoms with E-state index in [4.69, 9.17) is 9.84 Å². The first kappa shape index (κ1) is 17.7. The number of aromatic nitrogens is 2. The summed E-state index contributed by atoms with van der Waals surface area (Å²) in [6.07, 6.45) is 4.50. The molecular formula is C20H23N3O4. The van der Waals surface area contributed by atoms with E-state index >= 15 is 0 Å². The predicted molar refractivity (Wildman–Crippen MR) is 98.2 cm³/mol. The van der Waals surface area contributed by atoms with Gasteiger partial charge in [0.1, 0.15) is 5.56 Å². The molecule has 1 aromatic heterocycles. The molecule has 1 aromatic carbocycles. The third-order valence-corrected chi connectivity index (χ3v) is 5.33. The second-order valence-electron chi connectivity index (χ2n) is 7.33. The molecule has 0 radical (unpaired) electrons. The van der Waals surface area contributed by atoms with Crippen LogP contribution in [0.5, 0.6) is 0 Å². The number of nitrogens with zero attached hydrogens (tertiary/aromatic N) is 3. The zero-order valence-corrected chi connectivity index (χ0v) is 15.3. The van der Waals surface area contributed by atoms with Crippen LogP contribution in [0.3, 0.4) is 0 Å². The fourth-order valence-electron chi connectivity index (χ4n) is 3.58. The van der Waals surface area contributed by atoms with E-state index in [9.17, 15) is 9.59 Å². The van der Waals surface area contributed by atoms with Crippen LogP contribution in [0.25, 0.3) is 5.69 Å². The van der Waals surface area contributed by atoms with Crippen molar-refractivity contribution in [1.82, 2.24) is 14.7 Å². The van der Waals surface area contributed by atoms with Crippen molar-refractivity contribution in [2.45, 2.75) is 32.2 Å². The van der Waals surface area contributed by atoms with Crippen molar-refractivity contribution in [3.8, 4) is 5.69 Å². The number of benzene rings is 1. The summed E-state index contributed by atoms with van der Waals surface area (Å²) >= 11 is 0. The van der Waals surface area contributed by atoms with Gasteiger partial charge in [0.25, 0.3) is 5.91 Å². The van der Waals surface area contributed by atoms with Gasteiger partial charge in [-0.15, -0.1) is 0 Å². The minimum absolute atomic E-state index is 0.0550. The molecule has 2 aromatic rings. The number of amides is 1. The van der Waals surface area contributed by atoms with Crippen molar-refractivity contribution in [2.24, 2.45) is 5.92 Å². The number of aromatic carboxylic acids is 1. The number of rotatable bonds is 6. The lowest BCUT2D eigenvalue weighted by Crippen LogP contribution is -2.37. The minimum Gasteiger partial charge on any atom is -0.478 e. The van der Waals surface area contributed by atoms with Crippen LogP contribution < -0.4 is 0 Å². The highest BCUT2D eigenvalue weighted by Gasteiger charge is 2.35. The van der Waals surface area contributed by atoms with Crippen molar-refractivity contribution in [3.05, 3.63) is 47.3 Å². The average Bonchev–Trinajstić information content (AvgIpc) is 3.22. The fourth-order valence-corrected chi connectivity index (χ4v) is 3.58. The molecule has 1 saturated carbocycles. The van der Waals surface area contributed by atoms with E-state index in [-0.39, 0.29) is 11.5 Å². The molecule has 1 aliphatic heterocycles. The fraction of sp³-hybridized carbons (Fsp3) is 0.450. The summed E-state index contributed by atoms with van der Waals surface area (Å²) in [5.41, 5.74) is 2.11. The highest BCUT2D eigenvalue weighted by Crippen LogP contribution is 2.30. The number of carbonyl (C=O) groups excluding carboxylic acids is 1. The summed E-state index contributed by atoms with van der Waals surface area (Å²) < 4.78 is 7.02. The molecule has 1 atom stereocenters. The van der Waals surface area contributed by atoms with Crippen molar-refractivity contribution in [1.29, 1.82) is 0 Å². The van der Waals surface area contributed by atoms with Crippen LogP contribution in [0.1, 0.15) is 45.7 Å². The van der Waals surface area contributed by atoms with E-state index in [1.807, 2.05) is 17.0 Å². The molecule has 2 heterocycles. The van der Waals surface area contributed by atoms with Gasteiger partial charge in [-0.3, -0.25) is 4.79 Å². The smallest absolute Gasteiger partial charge is 0.339 e. The summed E-state index contributed by atoms with van der Waals surface area (Å²) in [5, 5.41) is 13.3. The molecule has 4 rings (SSSR count). The molecule has 0 bridgehead atoms. The Kier molecular flexibility index (Phi) is 4.70. The van der Waals surface area contributed by atoms with Crippen LogP contribution >= 0.6 is 0 Å². The van der Waals surface area contributed by atoms with Crippen LogP contribution in [0.4, 0.5) is 0 Å². The van der Waals surface area contributed by atoms with E-state index in [2.05, 4.69) is 5.10 Å². The number of hydrogen-bond acceptors (Lipinski definition) is 4. The maximum atomic E-state index is 13.0. The topological polar surface area (TPSA) is 84.7 Å². The van der Waals surface area contributed by atoms with Gasteiger partial charge in [-0.25, -0.2) is 9.48 Å². The maximum absolute atomic E-state index is 13.0. The Hall–Kier alpha value is -2.67. The van der Waals surface area contributed by atoms with Crippen molar-refractivity contribution < 1.29 is 19.4 Å². The molecule has 142 valence electrons. The maximum Gasteiger partial charge on any atom is 0.339 e. The Morgan fingerprint density at radius 3 is 2.56 bits per heavy atom. The Labute approximate surface area is 157 Å². The van der Waals surface area contributed by atoms with Gasteiger partial charge in [0.05, 0.1) is 24.2 Å². The van der Waals surface area contributed by atoms with E-state index in [1.54, 1.807) is 23.7 Å². The lowest BCUT2D eigenvalue weighted by molar-refractivity contribution is 0.0690. The van der Waals surface area contributed by atoms with E-state index < -0.39 is 5.97 Å². The molecule has 1 aliphatic carbocycles. The van der Waals surface area contributed by atoms with Crippen LogP contribution in [0.2, 0.25) is 0 Å². The number of carbonyl (C=O) groups is 2. The number of carboxylic acids is 1. The normalized spacial score (nSPS) is 19.2. The summed E-state index contributed by atoms with van der Waals surface area (Å²) in [7, 11) is 0. The van der Waals surface area contributed by atoms with Gasteiger partial charge in [-0.1, -0.05) is 0 Å². The number of ether oxygens (including phenoxy) is 1. The zero-order chi connectivity index (χ0) is 19.0. The first-order valence-corrected chi connectivity index (χ1v) is 9.31. The first-order chi connectivity index (χ1) is 13.0. The third-order valence-electron chi connectivity index (χ3n) is 5.33. The quantitative estimate of drug-likeness (QED) is 0.846. The molecule has 1 N–H and O–H groups in total. The highest BCUT2D eigenvalue weighted by atomic mass is 16.5. The molecule has 27 heavy (non-hydrogen) atoms. The van der Waals surface area contributed by atoms with Crippen LogP contribution in [-0.4, -0.2) is 57.5 Å². The summed E-state index contributed by atoms with van der Waals surface area (Å²) in [6, 6.07) is 7.55. The monoisotopic (exact) mass is 369 g/mol. The second-order valence-corrected chi connectivity index (χ2v) is 7.33. The molecule has 0 spiro atoms. The molecule has 2 aliphatic rings. The first-order valence-electron chi connectivity index (χ1n) is 9.31. The molecule has 1 saturated heterocycles. The Balaban J connectivity index is 1.52. The number of hydrogen-bond donors (Lipinski definition) is 1. The molecule has 7 nitrogen and oxygen atoms in total. The van der Waals surface area contributed by atoms with Gasteiger partial charge in [0.15, 0.2) is 0 Å². The molecule has 7 heteroatoms. The predicted octanol–water partition coefficient (Wildman–Crippen LogP) is 2.52. The van der Waals surface area contributed by atoms with Gasteiger partial charge in [0.2, 0.25) is 0 Å². The standard InChI is InChI=1S/C20H23N3O4/c1-13-18(20(25)26)10-21-23(13)17-4-2-15(3-5-17)19(24)22(16-6-7-16)11-14-8-9-27-12-14/h2-5,10,14,16H,6-9,11-12H2,1H3,(H,25,26). The van der Waals surface area contributed by atoms with E-state index in [1.165, 1.54) is 6.20 Å². The Bertz CT molecular complexity index is 849. The van der Waals surface area contributed by atoms with Gasteiger partial charge in [-0.2, -0.15) is 5.10 Å². The summed E-state index contributed by atoms with van der Waals surface area (Å²) in [6.45, 7) is 3.99. The van der Waals surface area contributed by atoms with Gasteiger partial charge < -0.3 is 14.7 Å². The summed E-state index contributed by atoms with van der Waals surface area (Å²) in [4.78, 5) is 26.2.